The number of rotatable bonds is 5. The number of imide groups is 1. The van der Waals surface area contributed by atoms with Crippen LogP contribution in [-0.4, -0.2) is 32.0 Å². The Bertz CT molecular complexity index is 934. The smallest absolute Gasteiger partial charge is 0.337 e. The molecule has 1 heterocycles. The van der Waals surface area contributed by atoms with Crippen molar-refractivity contribution in [3.63, 3.8) is 0 Å². The van der Waals surface area contributed by atoms with Gasteiger partial charge in [0.2, 0.25) is 5.76 Å². The highest BCUT2D eigenvalue weighted by Gasteiger charge is 2.40. The lowest BCUT2D eigenvalue weighted by Crippen LogP contribution is -2.31. The summed E-state index contributed by atoms with van der Waals surface area (Å²) in [5.41, 5.74) is 0.655. The Hall–Kier alpha value is -3.32. The van der Waals surface area contributed by atoms with Crippen molar-refractivity contribution < 1.29 is 28.6 Å². The number of amides is 2. The number of ether oxygens (including phenoxy) is 3. The van der Waals surface area contributed by atoms with Gasteiger partial charge in [0.25, 0.3) is 5.91 Å². The van der Waals surface area contributed by atoms with E-state index >= 15 is 0 Å². The average molecular weight is 388 g/mol. The molecule has 0 spiro atoms. The van der Waals surface area contributed by atoms with Crippen LogP contribution in [0.25, 0.3) is 0 Å². The van der Waals surface area contributed by atoms with E-state index in [-0.39, 0.29) is 16.5 Å². The monoisotopic (exact) mass is 387 g/mol. The summed E-state index contributed by atoms with van der Waals surface area (Å²) >= 11 is 6.02. The molecule has 0 bridgehead atoms. The quantitative estimate of drug-likeness (QED) is 0.579. The molecule has 0 aromatic heterocycles. The molecule has 0 fully saturated rings. The first kappa shape index (κ1) is 18.5. The second kappa shape index (κ2) is 7.51. The second-order valence-corrected chi connectivity index (χ2v) is 5.78. The molecule has 138 valence electrons. The summed E-state index contributed by atoms with van der Waals surface area (Å²) in [7, 11) is 2.78. The fraction of sp³-hybridized carbons (Fsp3) is 0.105. The van der Waals surface area contributed by atoms with Gasteiger partial charge in [-0.15, -0.1) is 0 Å². The van der Waals surface area contributed by atoms with Crippen molar-refractivity contribution in [2.75, 3.05) is 19.1 Å². The number of carbonyl (C=O) groups excluding carboxylic acids is 3. The van der Waals surface area contributed by atoms with E-state index in [2.05, 4.69) is 4.74 Å². The van der Waals surface area contributed by atoms with Crippen molar-refractivity contribution >= 4 is 35.1 Å². The first-order valence-corrected chi connectivity index (χ1v) is 8.13. The summed E-state index contributed by atoms with van der Waals surface area (Å²) in [6, 6.07) is 12.2. The van der Waals surface area contributed by atoms with Crippen LogP contribution < -0.4 is 14.4 Å². The highest BCUT2D eigenvalue weighted by molar-refractivity contribution is 6.52. The zero-order chi connectivity index (χ0) is 19.6. The Morgan fingerprint density at radius 1 is 0.889 bits per heavy atom. The van der Waals surface area contributed by atoms with Crippen LogP contribution in [0.3, 0.4) is 0 Å². The Kier molecular flexibility index (Phi) is 5.14. The molecular weight excluding hydrogens is 374 g/mol. The van der Waals surface area contributed by atoms with E-state index in [1.165, 1.54) is 38.5 Å². The summed E-state index contributed by atoms with van der Waals surface area (Å²) in [5.74, 6) is -1.34. The largest absolute Gasteiger partial charge is 0.497 e. The molecule has 1 aliphatic heterocycles. The van der Waals surface area contributed by atoms with Crippen molar-refractivity contribution in [1.29, 1.82) is 0 Å². The van der Waals surface area contributed by atoms with Gasteiger partial charge in [-0.25, -0.2) is 9.69 Å². The molecule has 0 N–H and O–H groups in total. The molecule has 27 heavy (non-hydrogen) atoms. The number of hydrogen-bond donors (Lipinski definition) is 0. The zero-order valence-electron chi connectivity index (χ0n) is 14.4. The first-order chi connectivity index (χ1) is 13.0. The van der Waals surface area contributed by atoms with E-state index in [0.717, 1.165) is 4.90 Å². The summed E-state index contributed by atoms with van der Waals surface area (Å²) < 4.78 is 15.2. The van der Waals surface area contributed by atoms with Gasteiger partial charge in [-0.3, -0.25) is 9.59 Å². The predicted molar refractivity (Wildman–Crippen MR) is 96.8 cm³/mol. The van der Waals surface area contributed by atoms with E-state index in [0.29, 0.717) is 17.0 Å². The van der Waals surface area contributed by atoms with Crippen LogP contribution in [0, 0.1) is 0 Å². The van der Waals surface area contributed by atoms with Gasteiger partial charge in [-0.2, -0.15) is 0 Å². The minimum Gasteiger partial charge on any atom is -0.497 e. The highest BCUT2D eigenvalue weighted by Crippen LogP contribution is 2.31. The predicted octanol–water partition coefficient (Wildman–Crippen LogP) is 2.88. The number of benzene rings is 2. The molecule has 7 nitrogen and oxygen atoms in total. The molecule has 0 aliphatic carbocycles. The topological polar surface area (TPSA) is 82.1 Å². The van der Waals surface area contributed by atoms with Gasteiger partial charge in [0.1, 0.15) is 11.5 Å². The SMILES string of the molecule is COC(=O)c1ccc(OC2=C(Cl)C(=O)N(c3ccc(OC)cc3)C2=O)cc1. The number of methoxy groups -OCH3 is 2. The van der Waals surface area contributed by atoms with Crippen LogP contribution in [0.1, 0.15) is 10.4 Å². The molecule has 0 atom stereocenters. The molecule has 1 aliphatic rings. The van der Waals surface area contributed by atoms with Crippen LogP contribution in [0.15, 0.2) is 59.3 Å². The molecule has 2 aromatic carbocycles. The summed E-state index contributed by atoms with van der Waals surface area (Å²) in [6.45, 7) is 0. The van der Waals surface area contributed by atoms with Crippen molar-refractivity contribution in [1.82, 2.24) is 0 Å². The third-order valence-electron chi connectivity index (χ3n) is 3.81. The standard InChI is InChI=1S/C19H14ClNO6/c1-25-13-9-5-12(6-10-13)21-17(22)15(20)16(18(21)23)27-14-7-3-11(4-8-14)19(24)26-2/h3-10H,1-2H3. The number of carbonyl (C=O) groups is 3. The van der Waals surface area contributed by atoms with Crippen LogP contribution in [-0.2, 0) is 14.3 Å². The fourth-order valence-corrected chi connectivity index (χ4v) is 2.64. The van der Waals surface area contributed by atoms with Crippen LogP contribution in [0.5, 0.6) is 11.5 Å². The zero-order valence-corrected chi connectivity index (χ0v) is 15.1. The van der Waals surface area contributed by atoms with Crippen molar-refractivity contribution in [2.24, 2.45) is 0 Å². The lowest BCUT2D eigenvalue weighted by Gasteiger charge is -2.15. The van der Waals surface area contributed by atoms with Crippen LogP contribution in [0.4, 0.5) is 5.69 Å². The third kappa shape index (κ3) is 3.50. The molecule has 2 amide bonds. The molecule has 0 saturated heterocycles. The number of anilines is 1. The summed E-state index contributed by atoms with van der Waals surface area (Å²) in [5, 5.41) is -0.326. The summed E-state index contributed by atoms with van der Waals surface area (Å²) in [6.07, 6.45) is 0. The van der Waals surface area contributed by atoms with Gasteiger partial charge in [-0.05, 0) is 48.5 Å². The minimum absolute atomic E-state index is 0.244. The van der Waals surface area contributed by atoms with Gasteiger partial charge >= 0.3 is 11.9 Å². The molecule has 0 radical (unpaired) electrons. The van der Waals surface area contributed by atoms with E-state index in [9.17, 15) is 14.4 Å². The lowest BCUT2D eigenvalue weighted by atomic mass is 10.2. The second-order valence-electron chi connectivity index (χ2n) is 5.40. The molecule has 2 aromatic rings. The Morgan fingerprint density at radius 2 is 1.48 bits per heavy atom. The lowest BCUT2D eigenvalue weighted by molar-refractivity contribution is -0.121. The van der Waals surface area contributed by atoms with Crippen molar-refractivity contribution in [3.8, 4) is 11.5 Å². The highest BCUT2D eigenvalue weighted by atomic mass is 35.5. The van der Waals surface area contributed by atoms with Gasteiger partial charge in [0.15, 0.2) is 5.03 Å². The van der Waals surface area contributed by atoms with E-state index in [1.54, 1.807) is 24.3 Å². The van der Waals surface area contributed by atoms with Gasteiger partial charge in [0.05, 0.1) is 25.5 Å². The number of halogens is 1. The molecule has 0 saturated carbocycles. The van der Waals surface area contributed by atoms with Crippen molar-refractivity contribution in [2.45, 2.75) is 0 Å². The van der Waals surface area contributed by atoms with Gasteiger partial charge in [-0.1, -0.05) is 11.6 Å². The number of hydrogen-bond acceptors (Lipinski definition) is 6. The van der Waals surface area contributed by atoms with Gasteiger partial charge in [0, 0.05) is 0 Å². The molecular formula is C19H14ClNO6. The maximum absolute atomic E-state index is 12.6. The van der Waals surface area contributed by atoms with E-state index in [1.807, 2.05) is 0 Å². The maximum Gasteiger partial charge on any atom is 0.337 e. The van der Waals surface area contributed by atoms with Gasteiger partial charge < -0.3 is 14.2 Å². The minimum atomic E-state index is -0.688. The van der Waals surface area contributed by atoms with E-state index < -0.39 is 17.8 Å². The number of nitrogens with zero attached hydrogens (tertiary/aromatic N) is 1. The summed E-state index contributed by atoms with van der Waals surface area (Å²) in [4.78, 5) is 37.4. The fourth-order valence-electron chi connectivity index (χ4n) is 2.43. The molecule has 0 unspecified atom stereocenters. The molecule has 3 rings (SSSR count). The maximum atomic E-state index is 12.6. The van der Waals surface area contributed by atoms with Crippen LogP contribution in [0.2, 0.25) is 0 Å². The van der Waals surface area contributed by atoms with E-state index in [4.69, 9.17) is 21.1 Å². The number of esters is 1. The third-order valence-corrected chi connectivity index (χ3v) is 4.15. The molecule has 8 heteroatoms. The average Bonchev–Trinajstić information content (AvgIpc) is 2.91. The van der Waals surface area contributed by atoms with Crippen molar-refractivity contribution in [3.05, 3.63) is 64.9 Å². The Balaban J connectivity index is 1.82. The van der Waals surface area contributed by atoms with Crippen LogP contribution >= 0.6 is 11.6 Å². The first-order valence-electron chi connectivity index (χ1n) is 7.75. The Labute approximate surface area is 159 Å². The normalized spacial score (nSPS) is 13.8. The Morgan fingerprint density at radius 3 is 2.04 bits per heavy atom.